The molecule has 0 aliphatic rings. The van der Waals surface area contributed by atoms with Gasteiger partial charge >= 0.3 is 19.8 Å². The third-order valence-electron chi connectivity index (χ3n) is 9.15. The van der Waals surface area contributed by atoms with Crippen LogP contribution in [0, 0.1) is 0 Å². The van der Waals surface area contributed by atoms with Crippen molar-refractivity contribution in [1.29, 1.82) is 0 Å². The van der Waals surface area contributed by atoms with Gasteiger partial charge in [0.25, 0.3) is 0 Å². The molecule has 9 heteroatoms. The summed E-state index contributed by atoms with van der Waals surface area (Å²) in [5.74, 6) is -0.832. The average molecular weight is 755 g/mol. The Bertz CT molecular complexity index is 947. The minimum atomic E-state index is -4.27. The third kappa shape index (κ3) is 38.0. The van der Waals surface area contributed by atoms with Crippen molar-refractivity contribution in [3.8, 4) is 0 Å². The van der Waals surface area contributed by atoms with Gasteiger partial charge in [-0.1, -0.05) is 179 Å². The third-order valence-corrected chi connectivity index (χ3v) is 10.1. The molecule has 8 nitrogen and oxygen atoms in total. The summed E-state index contributed by atoms with van der Waals surface area (Å²) in [6, 6.07) is 0. The number of allylic oxidation sites excluding steroid dienone is 6. The van der Waals surface area contributed by atoms with E-state index in [4.69, 9.17) is 14.0 Å². The number of carbonyl (C=O) groups is 2. The minimum absolute atomic E-state index is 0.211. The van der Waals surface area contributed by atoms with Crippen LogP contribution < -0.4 is 0 Å². The SMILES string of the molecule is CC/C=C\C/C=C\C/C=C\CCCCCC(=O)OC(COC(=O)CCCCCCCCCCCCCCCCCCCCCC)COP(=O)(O)OC. The smallest absolute Gasteiger partial charge is 0.462 e. The van der Waals surface area contributed by atoms with Crippen LogP contribution in [0.4, 0.5) is 0 Å². The summed E-state index contributed by atoms with van der Waals surface area (Å²) in [5.41, 5.74) is 0. The Kier molecular flexibility index (Phi) is 37.7. The molecule has 0 rings (SSSR count). The van der Waals surface area contributed by atoms with E-state index in [0.29, 0.717) is 6.42 Å². The molecule has 2 unspecified atom stereocenters. The lowest BCUT2D eigenvalue weighted by atomic mass is 10.0. The number of phosphoric ester groups is 1. The van der Waals surface area contributed by atoms with E-state index in [1.807, 2.05) is 0 Å². The van der Waals surface area contributed by atoms with Crippen LogP contribution in [0.1, 0.15) is 200 Å². The molecule has 52 heavy (non-hydrogen) atoms. The Morgan fingerprint density at radius 2 is 0.981 bits per heavy atom. The van der Waals surface area contributed by atoms with Crippen molar-refractivity contribution >= 4 is 19.8 Å². The summed E-state index contributed by atoms with van der Waals surface area (Å²) in [6.07, 6.45) is 44.9. The molecule has 0 spiro atoms. The van der Waals surface area contributed by atoms with E-state index in [9.17, 15) is 19.0 Å². The molecular formula is C43H79O8P. The number of ether oxygens (including phenoxy) is 2. The van der Waals surface area contributed by atoms with E-state index >= 15 is 0 Å². The Balaban J connectivity index is 3.96. The number of hydrogen-bond donors (Lipinski definition) is 1. The van der Waals surface area contributed by atoms with E-state index in [1.165, 1.54) is 109 Å². The molecule has 0 aromatic carbocycles. The molecule has 0 heterocycles. The largest absolute Gasteiger partial charge is 0.472 e. The van der Waals surface area contributed by atoms with Crippen LogP contribution in [0.2, 0.25) is 0 Å². The monoisotopic (exact) mass is 755 g/mol. The average Bonchev–Trinajstić information content (AvgIpc) is 3.13. The summed E-state index contributed by atoms with van der Waals surface area (Å²) in [4.78, 5) is 34.4. The van der Waals surface area contributed by atoms with Crippen LogP contribution in [0.15, 0.2) is 36.5 Å². The fraction of sp³-hybridized carbons (Fsp3) is 0.814. The highest BCUT2D eigenvalue weighted by molar-refractivity contribution is 7.47. The van der Waals surface area contributed by atoms with Gasteiger partial charge in [0, 0.05) is 20.0 Å². The maximum Gasteiger partial charge on any atom is 0.472 e. The number of phosphoric acid groups is 1. The molecule has 0 saturated heterocycles. The van der Waals surface area contributed by atoms with Gasteiger partial charge in [0.05, 0.1) is 6.61 Å². The topological polar surface area (TPSA) is 108 Å². The molecule has 0 aromatic rings. The zero-order valence-corrected chi connectivity index (χ0v) is 34.6. The van der Waals surface area contributed by atoms with Crippen molar-refractivity contribution in [2.24, 2.45) is 0 Å². The molecule has 0 fully saturated rings. The van der Waals surface area contributed by atoms with Crippen molar-refractivity contribution in [2.45, 2.75) is 206 Å². The van der Waals surface area contributed by atoms with Gasteiger partial charge in [-0.25, -0.2) is 4.57 Å². The van der Waals surface area contributed by atoms with Gasteiger partial charge in [-0.3, -0.25) is 18.6 Å². The molecule has 0 radical (unpaired) electrons. The van der Waals surface area contributed by atoms with E-state index in [0.717, 1.165) is 64.9 Å². The maximum atomic E-state index is 12.5. The second kappa shape index (κ2) is 39.0. The minimum Gasteiger partial charge on any atom is -0.462 e. The van der Waals surface area contributed by atoms with Crippen LogP contribution in [0.5, 0.6) is 0 Å². The number of esters is 2. The van der Waals surface area contributed by atoms with E-state index in [1.54, 1.807) is 0 Å². The van der Waals surface area contributed by atoms with Crippen LogP contribution in [0.25, 0.3) is 0 Å². The predicted molar refractivity (Wildman–Crippen MR) is 216 cm³/mol. The maximum absolute atomic E-state index is 12.5. The summed E-state index contributed by atoms with van der Waals surface area (Å²) >= 11 is 0. The van der Waals surface area contributed by atoms with Crippen LogP contribution in [-0.2, 0) is 32.7 Å². The number of hydrogen-bond acceptors (Lipinski definition) is 7. The van der Waals surface area contributed by atoms with E-state index in [2.05, 4.69) is 54.8 Å². The Labute approximate surface area is 319 Å². The quantitative estimate of drug-likeness (QED) is 0.0286. The molecule has 1 N–H and O–H groups in total. The molecule has 304 valence electrons. The summed E-state index contributed by atoms with van der Waals surface area (Å²) in [7, 11) is -3.21. The second-order valence-corrected chi connectivity index (χ2v) is 15.7. The van der Waals surface area contributed by atoms with Crippen molar-refractivity contribution in [3.63, 3.8) is 0 Å². The highest BCUT2D eigenvalue weighted by Gasteiger charge is 2.24. The van der Waals surface area contributed by atoms with Crippen LogP contribution in [0.3, 0.4) is 0 Å². The standard InChI is InChI=1S/C43H79O8P/c1-4-6-8-10-12-14-16-18-19-20-21-22-23-24-26-27-29-31-33-35-37-42(44)49-39-41(40-50-52(46,47)48-3)51-43(45)38-36-34-32-30-28-25-17-15-13-11-9-7-5-2/h7,9,13,15,25,28,41H,4-6,8,10-12,14,16-24,26-27,29-40H2,1-3H3,(H,46,47)/b9-7-,15-13-,28-25-. The van der Waals surface area contributed by atoms with Gasteiger partial charge in [-0.2, -0.15) is 0 Å². The van der Waals surface area contributed by atoms with Crippen LogP contribution >= 0.6 is 7.82 Å². The van der Waals surface area contributed by atoms with Gasteiger partial charge < -0.3 is 14.4 Å². The molecule has 0 bridgehead atoms. The van der Waals surface area contributed by atoms with Gasteiger partial charge in [0.2, 0.25) is 0 Å². The van der Waals surface area contributed by atoms with Gasteiger partial charge in [0.1, 0.15) is 6.61 Å². The molecule has 0 aliphatic carbocycles. The molecular weight excluding hydrogens is 675 g/mol. The first-order chi connectivity index (χ1) is 25.3. The van der Waals surface area contributed by atoms with Gasteiger partial charge in [0.15, 0.2) is 6.10 Å². The fourth-order valence-electron chi connectivity index (χ4n) is 5.91. The molecule has 0 amide bonds. The molecule has 0 aliphatic heterocycles. The highest BCUT2D eigenvalue weighted by atomic mass is 31.2. The van der Waals surface area contributed by atoms with Crippen LogP contribution in [-0.4, -0.2) is 43.3 Å². The fourth-order valence-corrected chi connectivity index (χ4v) is 6.37. The molecule has 0 saturated carbocycles. The summed E-state index contributed by atoms with van der Waals surface area (Å²) in [5, 5.41) is 0. The highest BCUT2D eigenvalue weighted by Crippen LogP contribution is 2.42. The normalized spacial score (nSPS) is 13.7. The lowest BCUT2D eigenvalue weighted by molar-refractivity contribution is -0.161. The Hall–Kier alpha value is -1.73. The molecule has 0 aromatic heterocycles. The van der Waals surface area contributed by atoms with Crippen molar-refractivity contribution in [3.05, 3.63) is 36.5 Å². The Morgan fingerprint density at radius 1 is 0.558 bits per heavy atom. The first-order valence-electron chi connectivity index (χ1n) is 21.2. The number of carbonyl (C=O) groups excluding carboxylic acids is 2. The predicted octanol–water partition coefficient (Wildman–Crippen LogP) is 13.2. The van der Waals surface area contributed by atoms with Crippen molar-refractivity contribution in [2.75, 3.05) is 20.3 Å². The molecule has 2 atom stereocenters. The lowest BCUT2D eigenvalue weighted by Crippen LogP contribution is -2.29. The van der Waals surface area contributed by atoms with Gasteiger partial charge in [-0.15, -0.1) is 0 Å². The summed E-state index contributed by atoms with van der Waals surface area (Å²) < 4.78 is 31.9. The first kappa shape index (κ1) is 50.3. The number of rotatable bonds is 39. The van der Waals surface area contributed by atoms with E-state index < -0.39 is 26.5 Å². The second-order valence-electron chi connectivity index (χ2n) is 14.1. The zero-order chi connectivity index (χ0) is 38.2. The first-order valence-corrected chi connectivity index (χ1v) is 22.7. The van der Waals surface area contributed by atoms with E-state index in [-0.39, 0.29) is 25.4 Å². The van der Waals surface area contributed by atoms with Crippen molar-refractivity contribution < 1.29 is 37.6 Å². The van der Waals surface area contributed by atoms with Gasteiger partial charge in [-0.05, 0) is 44.9 Å². The lowest BCUT2D eigenvalue weighted by Gasteiger charge is -2.19. The number of unbranched alkanes of at least 4 members (excludes halogenated alkanes) is 22. The Morgan fingerprint density at radius 3 is 1.46 bits per heavy atom. The zero-order valence-electron chi connectivity index (χ0n) is 33.7. The van der Waals surface area contributed by atoms with Crippen molar-refractivity contribution in [1.82, 2.24) is 0 Å². The summed E-state index contributed by atoms with van der Waals surface area (Å²) in [6.45, 7) is 3.76.